The van der Waals surface area contributed by atoms with E-state index in [0.717, 1.165) is 48.0 Å². The molecule has 3 aliphatic rings. The minimum absolute atomic E-state index is 0.0279. The Balaban J connectivity index is 1.27. The molecule has 1 amide bonds. The van der Waals surface area contributed by atoms with Gasteiger partial charge in [-0.3, -0.25) is 4.79 Å². The van der Waals surface area contributed by atoms with Crippen LogP contribution in [0.15, 0.2) is 30.5 Å². The number of amides is 1. The Kier molecular flexibility index (Phi) is 4.77. The Labute approximate surface area is 168 Å². The molecular formula is C21H22N4O4. The van der Waals surface area contributed by atoms with Crippen LogP contribution >= 0.6 is 0 Å². The largest absolute Gasteiger partial charge is 0.454 e. The maximum atomic E-state index is 12.7. The average Bonchev–Trinajstić information content (AvgIpc) is 3.25. The smallest absolute Gasteiger partial charge is 0.246 e. The molecule has 150 valence electrons. The Morgan fingerprint density at radius 2 is 1.97 bits per heavy atom. The molecular weight excluding hydrogens is 372 g/mol. The van der Waals surface area contributed by atoms with E-state index in [1.54, 1.807) is 12.2 Å². The van der Waals surface area contributed by atoms with Crippen molar-refractivity contribution in [3.63, 3.8) is 0 Å². The fraction of sp³-hybridized carbons (Fsp3) is 0.381. The van der Waals surface area contributed by atoms with Gasteiger partial charge in [-0.05, 0) is 35.8 Å². The molecule has 0 N–H and O–H groups in total. The highest BCUT2D eigenvalue weighted by Crippen LogP contribution is 2.32. The molecule has 4 heterocycles. The first-order valence-electron chi connectivity index (χ1n) is 9.80. The Morgan fingerprint density at radius 1 is 1.10 bits per heavy atom. The molecule has 8 nitrogen and oxygen atoms in total. The molecule has 1 saturated heterocycles. The van der Waals surface area contributed by atoms with Gasteiger partial charge in [-0.2, -0.15) is 0 Å². The van der Waals surface area contributed by atoms with Crippen LogP contribution in [0.25, 0.3) is 6.08 Å². The van der Waals surface area contributed by atoms with E-state index in [1.807, 2.05) is 29.3 Å². The molecule has 2 aromatic rings. The van der Waals surface area contributed by atoms with Crippen LogP contribution in [-0.2, 0) is 22.5 Å². The fourth-order valence-corrected chi connectivity index (χ4v) is 3.69. The Bertz CT molecular complexity index is 956. The minimum Gasteiger partial charge on any atom is -0.454 e. The first-order valence-corrected chi connectivity index (χ1v) is 9.80. The van der Waals surface area contributed by atoms with Crippen molar-refractivity contribution >= 4 is 17.9 Å². The van der Waals surface area contributed by atoms with Crippen molar-refractivity contribution in [2.45, 2.75) is 13.0 Å². The highest BCUT2D eigenvalue weighted by molar-refractivity contribution is 5.92. The number of aromatic nitrogens is 2. The zero-order chi connectivity index (χ0) is 19.6. The SMILES string of the molecule is O=C(/C=C/c1ccc2c(c1)OCO2)N1CCc2cnc(N3CCOCC3)nc2C1. The lowest BCUT2D eigenvalue weighted by molar-refractivity contribution is -0.126. The summed E-state index contributed by atoms with van der Waals surface area (Å²) in [4.78, 5) is 25.9. The van der Waals surface area contributed by atoms with Gasteiger partial charge in [-0.25, -0.2) is 9.97 Å². The third-order valence-electron chi connectivity index (χ3n) is 5.35. The number of carbonyl (C=O) groups is 1. The summed E-state index contributed by atoms with van der Waals surface area (Å²) in [5, 5.41) is 0. The van der Waals surface area contributed by atoms with Crippen molar-refractivity contribution in [2.24, 2.45) is 0 Å². The number of benzene rings is 1. The van der Waals surface area contributed by atoms with Gasteiger partial charge in [0.15, 0.2) is 11.5 Å². The van der Waals surface area contributed by atoms with Gasteiger partial charge in [-0.1, -0.05) is 6.07 Å². The van der Waals surface area contributed by atoms with Gasteiger partial charge in [0.05, 0.1) is 25.5 Å². The van der Waals surface area contributed by atoms with E-state index in [4.69, 9.17) is 19.2 Å². The highest BCUT2D eigenvalue weighted by Gasteiger charge is 2.23. The quantitative estimate of drug-likeness (QED) is 0.733. The molecule has 0 saturated carbocycles. The van der Waals surface area contributed by atoms with Crippen molar-refractivity contribution in [1.82, 2.24) is 14.9 Å². The zero-order valence-corrected chi connectivity index (χ0v) is 16.0. The lowest BCUT2D eigenvalue weighted by Gasteiger charge is -2.30. The van der Waals surface area contributed by atoms with E-state index in [2.05, 4.69) is 9.88 Å². The van der Waals surface area contributed by atoms with E-state index in [-0.39, 0.29) is 12.7 Å². The Morgan fingerprint density at radius 3 is 2.86 bits per heavy atom. The summed E-state index contributed by atoms with van der Waals surface area (Å²) in [5.74, 6) is 2.13. The molecule has 8 heteroatoms. The van der Waals surface area contributed by atoms with Crippen molar-refractivity contribution in [3.8, 4) is 11.5 Å². The number of rotatable bonds is 3. The second kappa shape index (κ2) is 7.71. The van der Waals surface area contributed by atoms with E-state index in [0.29, 0.717) is 32.1 Å². The van der Waals surface area contributed by atoms with Crippen LogP contribution in [0.5, 0.6) is 11.5 Å². The summed E-state index contributed by atoms with van der Waals surface area (Å²) >= 11 is 0. The lowest BCUT2D eigenvalue weighted by atomic mass is 10.1. The summed E-state index contributed by atoms with van der Waals surface area (Å²) < 4.78 is 16.1. The monoisotopic (exact) mass is 394 g/mol. The highest BCUT2D eigenvalue weighted by atomic mass is 16.7. The van der Waals surface area contributed by atoms with Gasteiger partial charge in [0.1, 0.15) is 0 Å². The third-order valence-corrected chi connectivity index (χ3v) is 5.35. The van der Waals surface area contributed by atoms with Crippen molar-refractivity contribution in [2.75, 3.05) is 44.5 Å². The molecule has 0 unspecified atom stereocenters. The van der Waals surface area contributed by atoms with Crippen LogP contribution in [0.1, 0.15) is 16.8 Å². The van der Waals surface area contributed by atoms with Crippen LogP contribution in [0, 0.1) is 0 Å². The average molecular weight is 394 g/mol. The second-order valence-electron chi connectivity index (χ2n) is 7.20. The predicted molar refractivity (Wildman–Crippen MR) is 106 cm³/mol. The third kappa shape index (κ3) is 3.75. The molecule has 29 heavy (non-hydrogen) atoms. The molecule has 3 aliphatic heterocycles. The molecule has 1 aromatic carbocycles. The van der Waals surface area contributed by atoms with E-state index >= 15 is 0 Å². The topological polar surface area (TPSA) is 77.0 Å². The van der Waals surface area contributed by atoms with Crippen LogP contribution in [0.3, 0.4) is 0 Å². The first-order chi connectivity index (χ1) is 14.3. The maximum absolute atomic E-state index is 12.7. The molecule has 0 spiro atoms. The lowest BCUT2D eigenvalue weighted by Crippen LogP contribution is -2.39. The number of morpholine rings is 1. The summed E-state index contributed by atoms with van der Waals surface area (Å²) in [7, 11) is 0. The van der Waals surface area contributed by atoms with Crippen molar-refractivity contribution < 1.29 is 19.0 Å². The zero-order valence-electron chi connectivity index (χ0n) is 16.0. The molecule has 0 bridgehead atoms. The maximum Gasteiger partial charge on any atom is 0.246 e. The van der Waals surface area contributed by atoms with Crippen molar-refractivity contribution in [1.29, 1.82) is 0 Å². The summed E-state index contributed by atoms with van der Waals surface area (Å²) in [6.07, 6.45) is 6.07. The number of hydrogen-bond donors (Lipinski definition) is 0. The summed E-state index contributed by atoms with van der Waals surface area (Å²) in [5.41, 5.74) is 2.94. The van der Waals surface area contributed by atoms with Crippen LogP contribution in [0.4, 0.5) is 5.95 Å². The van der Waals surface area contributed by atoms with Gasteiger partial charge < -0.3 is 24.0 Å². The van der Waals surface area contributed by atoms with E-state index in [9.17, 15) is 4.79 Å². The molecule has 0 radical (unpaired) electrons. The van der Waals surface area contributed by atoms with Crippen LogP contribution in [0.2, 0.25) is 0 Å². The second-order valence-corrected chi connectivity index (χ2v) is 7.20. The van der Waals surface area contributed by atoms with Crippen molar-refractivity contribution in [3.05, 3.63) is 47.3 Å². The normalized spacial score (nSPS) is 18.2. The number of nitrogens with zero attached hydrogens (tertiary/aromatic N) is 4. The van der Waals surface area contributed by atoms with Gasteiger partial charge in [-0.15, -0.1) is 0 Å². The summed E-state index contributed by atoms with van der Waals surface area (Å²) in [6, 6.07) is 5.64. The van der Waals surface area contributed by atoms with E-state index in [1.165, 1.54) is 0 Å². The molecule has 0 atom stereocenters. The van der Waals surface area contributed by atoms with Crippen LogP contribution < -0.4 is 14.4 Å². The van der Waals surface area contributed by atoms with Gasteiger partial charge in [0.25, 0.3) is 0 Å². The number of anilines is 1. The van der Waals surface area contributed by atoms with E-state index < -0.39 is 0 Å². The molecule has 1 fully saturated rings. The first kappa shape index (κ1) is 17.9. The standard InChI is InChI=1S/C21H22N4O4/c26-20(4-2-15-1-3-18-19(11-15)29-14-28-18)25-6-5-16-12-22-21(23-17(16)13-25)24-7-9-27-10-8-24/h1-4,11-12H,5-10,13-14H2/b4-2+. The number of fused-ring (bicyclic) bond motifs is 2. The summed E-state index contributed by atoms with van der Waals surface area (Å²) in [6.45, 7) is 4.37. The van der Waals surface area contributed by atoms with Gasteiger partial charge in [0, 0.05) is 31.9 Å². The molecule has 5 rings (SSSR count). The van der Waals surface area contributed by atoms with Crippen LogP contribution in [-0.4, -0.2) is 60.4 Å². The predicted octanol–water partition coefficient (Wildman–Crippen LogP) is 1.64. The minimum atomic E-state index is -0.0279. The van der Waals surface area contributed by atoms with Gasteiger partial charge in [0.2, 0.25) is 18.6 Å². The number of carbonyl (C=O) groups excluding carboxylic acids is 1. The van der Waals surface area contributed by atoms with Gasteiger partial charge >= 0.3 is 0 Å². The number of hydrogen-bond acceptors (Lipinski definition) is 7. The Hall–Kier alpha value is -3.13. The fourth-order valence-electron chi connectivity index (χ4n) is 3.69. The molecule has 0 aliphatic carbocycles. The molecule has 1 aromatic heterocycles. The number of ether oxygens (including phenoxy) is 3.